The normalized spacial score (nSPS) is 11.1. The van der Waals surface area contributed by atoms with Crippen molar-refractivity contribution in [3.63, 3.8) is 0 Å². The van der Waals surface area contributed by atoms with Gasteiger partial charge in [0.25, 0.3) is 5.91 Å². The average molecular weight is 381 g/mol. The number of rotatable bonds is 3. The highest BCUT2D eigenvalue weighted by atomic mass is 35.5. The van der Waals surface area contributed by atoms with Crippen molar-refractivity contribution >= 4 is 34.2 Å². The smallest absolute Gasteiger partial charge is 0.256 e. The number of amides is 1. The van der Waals surface area contributed by atoms with Gasteiger partial charge in [-0.05, 0) is 49.7 Å². The Morgan fingerprint density at radius 2 is 2.04 bits per heavy atom. The van der Waals surface area contributed by atoms with E-state index in [4.69, 9.17) is 16.0 Å². The van der Waals surface area contributed by atoms with E-state index in [9.17, 15) is 4.79 Å². The summed E-state index contributed by atoms with van der Waals surface area (Å²) in [7, 11) is 1.80. The first-order valence-electron chi connectivity index (χ1n) is 8.40. The third-order valence-electron chi connectivity index (χ3n) is 4.50. The van der Waals surface area contributed by atoms with Gasteiger partial charge in [0.1, 0.15) is 5.69 Å². The third kappa shape index (κ3) is 2.98. The molecule has 136 valence electrons. The molecule has 0 saturated heterocycles. The van der Waals surface area contributed by atoms with Gasteiger partial charge in [-0.3, -0.25) is 9.48 Å². The molecule has 0 unspecified atom stereocenters. The van der Waals surface area contributed by atoms with Crippen molar-refractivity contribution in [2.45, 2.75) is 13.8 Å². The van der Waals surface area contributed by atoms with Crippen LogP contribution in [0.5, 0.6) is 0 Å². The average Bonchev–Trinajstić information content (AvgIpc) is 3.27. The summed E-state index contributed by atoms with van der Waals surface area (Å²) in [6.07, 6.45) is 1.57. The fraction of sp³-hybridized carbons (Fsp3) is 0.150. The van der Waals surface area contributed by atoms with Gasteiger partial charge >= 0.3 is 0 Å². The Bertz CT molecular complexity index is 1160. The molecule has 1 amide bonds. The molecule has 6 nitrogen and oxygen atoms in total. The second-order valence-corrected chi connectivity index (χ2v) is 6.71. The molecule has 4 aromatic rings. The second kappa shape index (κ2) is 6.55. The number of pyridine rings is 1. The van der Waals surface area contributed by atoms with Crippen LogP contribution in [0.3, 0.4) is 0 Å². The molecule has 0 fully saturated rings. The zero-order valence-electron chi connectivity index (χ0n) is 15.1. The summed E-state index contributed by atoms with van der Waals surface area (Å²) in [5.74, 6) is 0.334. The number of hydrogen-bond acceptors (Lipinski definition) is 4. The van der Waals surface area contributed by atoms with E-state index in [1.165, 1.54) is 0 Å². The molecule has 27 heavy (non-hydrogen) atoms. The fourth-order valence-electron chi connectivity index (χ4n) is 3.11. The largest absolute Gasteiger partial charge is 0.463 e. The lowest BCUT2D eigenvalue weighted by molar-refractivity contribution is 0.102. The lowest BCUT2D eigenvalue weighted by Crippen LogP contribution is -2.14. The minimum Gasteiger partial charge on any atom is -0.463 e. The molecule has 4 rings (SSSR count). The summed E-state index contributed by atoms with van der Waals surface area (Å²) >= 11 is 6.17. The number of nitrogens with zero attached hydrogens (tertiary/aromatic N) is 3. The molecule has 0 spiro atoms. The number of aryl methyl sites for hydroxylation is 2. The molecule has 0 aliphatic rings. The monoisotopic (exact) mass is 380 g/mol. The van der Waals surface area contributed by atoms with Crippen LogP contribution in [0, 0.1) is 13.8 Å². The van der Waals surface area contributed by atoms with Crippen LogP contribution in [0.4, 0.5) is 5.69 Å². The number of hydrogen-bond donors (Lipinski definition) is 1. The Morgan fingerprint density at radius 1 is 1.22 bits per heavy atom. The molecule has 0 radical (unpaired) electrons. The second-order valence-electron chi connectivity index (χ2n) is 6.31. The first-order valence-corrected chi connectivity index (χ1v) is 8.78. The van der Waals surface area contributed by atoms with Crippen LogP contribution in [-0.2, 0) is 7.05 Å². The first-order chi connectivity index (χ1) is 13.0. The van der Waals surface area contributed by atoms with Crippen molar-refractivity contribution in [1.82, 2.24) is 14.8 Å². The van der Waals surface area contributed by atoms with Gasteiger partial charge in [0.15, 0.2) is 11.4 Å². The van der Waals surface area contributed by atoms with E-state index < -0.39 is 0 Å². The Labute approximate surface area is 160 Å². The third-order valence-corrected chi connectivity index (χ3v) is 4.91. The van der Waals surface area contributed by atoms with Crippen LogP contribution in [0.2, 0.25) is 5.02 Å². The highest BCUT2D eigenvalue weighted by Gasteiger charge is 2.20. The van der Waals surface area contributed by atoms with E-state index in [1.807, 2.05) is 19.9 Å². The van der Waals surface area contributed by atoms with Crippen LogP contribution in [0.15, 0.2) is 47.1 Å². The number of aromatic nitrogens is 3. The van der Waals surface area contributed by atoms with Crippen molar-refractivity contribution in [3.05, 3.63) is 64.5 Å². The number of fused-ring (bicyclic) bond motifs is 1. The van der Waals surface area contributed by atoms with Crippen molar-refractivity contribution in [3.8, 4) is 11.5 Å². The van der Waals surface area contributed by atoms with Crippen molar-refractivity contribution in [2.24, 2.45) is 7.05 Å². The maximum atomic E-state index is 13.1. The summed E-state index contributed by atoms with van der Waals surface area (Å²) in [5, 5.41) is 8.68. The minimum atomic E-state index is -0.253. The van der Waals surface area contributed by atoms with E-state index in [2.05, 4.69) is 15.4 Å². The van der Waals surface area contributed by atoms with Crippen LogP contribution < -0.4 is 5.32 Å². The number of carbonyl (C=O) groups excluding carboxylic acids is 1. The molecule has 1 N–H and O–H groups in total. The van der Waals surface area contributed by atoms with Crippen LogP contribution in [-0.4, -0.2) is 20.7 Å². The highest BCUT2D eigenvalue weighted by molar-refractivity contribution is 6.31. The minimum absolute atomic E-state index is 0.253. The van der Waals surface area contributed by atoms with Gasteiger partial charge in [-0.15, -0.1) is 0 Å². The quantitative estimate of drug-likeness (QED) is 0.556. The Morgan fingerprint density at radius 3 is 2.78 bits per heavy atom. The van der Waals surface area contributed by atoms with E-state index in [1.54, 1.807) is 48.3 Å². The van der Waals surface area contributed by atoms with E-state index in [0.717, 1.165) is 11.3 Å². The molecule has 3 heterocycles. The molecule has 7 heteroatoms. The molecule has 0 atom stereocenters. The SMILES string of the molecule is Cc1c(Cl)cccc1NC(=O)c1cc(-c2ccco2)nc2c1c(C)nn2C. The molecule has 3 aromatic heterocycles. The highest BCUT2D eigenvalue weighted by Crippen LogP contribution is 2.29. The predicted molar refractivity (Wildman–Crippen MR) is 105 cm³/mol. The topological polar surface area (TPSA) is 73.0 Å². The predicted octanol–water partition coefficient (Wildman–Crippen LogP) is 4.75. The molecule has 1 aromatic carbocycles. The zero-order chi connectivity index (χ0) is 19.1. The van der Waals surface area contributed by atoms with Crippen molar-refractivity contribution in [1.29, 1.82) is 0 Å². The lowest BCUT2D eigenvalue weighted by Gasteiger charge is -2.11. The van der Waals surface area contributed by atoms with E-state index >= 15 is 0 Å². The van der Waals surface area contributed by atoms with Gasteiger partial charge in [-0.1, -0.05) is 17.7 Å². The fourth-order valence-corrected chi connectivity index (χ4v) is 3.28. The van der Waals surface area contributed by atoms with Gasteiger partial charge in [-0.25, -0.2) is 4.98 Å². The van der Waals surface area contributed by atoms with Gasteiger partial charge in [0.2, 0.25) is 0 Å². The van der Waals surface area contributed by atoms with Gasteiger partial charge in [0, 0.05) is 17.8 Å². The lowest BCUT2D eigenvalue weighted by atomic mass is 10.1. The number of halogens is 1. The molecular formula is C20H17ClN4O2. The number of carbonyl (C=O) groups is 1. The Hall–Kier alpha value is -3.12. The summed E-state index contributed by atoms with van der Waals surface area (Å²) in [4.78, 5) is 17.8. The van der Waals surface area contributed by atoms with Crippen LogP contribution >= 0.6 is 11.6 Å². The number of anilines is 1. The maximum absolute atomic E-state index is 13.1. The van der Waals surface area contributed by atoms with E-state index in [-0.39, 0.29) is 5.91 Å². The molecular weight excluding hydrogens is 364 g/mol. The number of furan rings is 1. The summed E-state index contributed by atoms with van der Waals surface area (Å²) < 4.78 is 7.13. The van der Waals surface area contributed by atoms with Crippen molar-refractivity contribution in [2.75, 3.05) is 5.32 Å². The Kier molecular flexibility index (Phi) is 4.20. The van der Waals surface area contributed by atoms with Crippen LogP contribution in [0.1, 0.15) is 21.6 Å². The van der Waals surface area contributed by atoms with Crippen molar-refractivity contribution < 1.29 is 9.21 Å². The first kappa shape index (κ1) is 17.3. The molecule has 0 bridgehead atoms. The number of nitrogens with one attached hydrogen (secondary N) is 1. The maximum Gasteiger partial charge on any atom is 0.256 e. The van der Waals surface area contributed by atoms with Crippen LogP contribution in [0.25, 0.3) is 22.5 Å². The van der Waals surface area contributed by atoms with Gasteiger partial charge < -0.3 is 9.73 Å². The summed E-state index contributed by atoms with van der Waals surface area (Å²) in [6.45, 7) is 3.72. The summed E-state index contributed by atoms with van der Waals surface area (Å²) in [5.41, 5.74) is 3.89. The van der Waals surface area contributed by atoms with E-state index in [0.29, 0.717) is 38.8 Å². The van der Waals surface area contributed by atoms with Gasteiger partial charge in [-0.2, -0.15) is 5.10 Å². The molecule has 0 aliphatic heterocycles. The summed E-state index contributed by atoms with van der Waals surface area (Å²) in [6, 6.07) is 10.7. The van der Waals surface area contributed by atoms with Gasteiger partial charge in [0.05, 0.1) is 22.9 Å². The zero-order valence-corrected chi connectivity index (χ0v) is 15.8. The Balaban J connectivity index is 1.86. The molecule has 0 aliphatic carbocycles. The number of benzene rings is 1. The molecule has 0 saturated carbocycles. The standard InChI is InChI=1S/C20H17ClN4O2/c1-11-14(21)6-4-7-15(11)23-20(26)13-10-16(17-8-5-9-27-17)22-19-18(13)12(2)24-25(19)3/h4-10H,1-3H3,(H,23,26).